The van der Waals surface area contributed by atoms with Gasteiger partial charge in [-0.3, -0.25) is 9.78 Å². The summed E-state index contributed by atoms with van der Waals surface area (Å²) in [7, 11) is 0. The van der Waals surface area contributed by atoms with E-state index in [1.54, 1.807) is 6.20 Å². The van der Waals surface area contributed by atoms with Crippen LogP contribution in [0.1, 0.15) is 26.2 Å². The lowest BCUT2D eigenvalue weighted by molar-refractivity contribution is 0.477. The zero-order valence-electron chi connectivity index (χ0n) is 14.0. The lowest BCUT2D eigenvalue weighted by Gasteiger charge is -2.33. The maximum atomic E-state index is 12.8. The number of aromatic amines is 1. The molecule has 1 N–H and O–H groups in total. The highest BCUT2D eigenvalue weighted by Gasteiger charge is 2.22. The monoisotopic (exact) mass is 398 g/mol. The summed E-state index contributed by atoms with van der Waals surface area (Å²) < 4.78 is 1.00. The first-order chi connectivity index (χ1) is 12.1. The van der Waals surface area contributed by atoms with Gasteiger partial charge in [-0.25, -0.2) is 4.98 Å². The Bertz CT molecular complexity index is 967. The molecule has 0 amide bonds. The molecule has 0 saturated carbocycles. The molecule has 5 nitrogen and oxygen atoms in total. The summed E-state index contributed by atoms with van der Waals surface area (Å²) in [4.78, 5) is 27.0. The van der Waals surface area contributed by atoms with Crippen molar-refractivity contribution < 1.29 is 0 Å². The molecule has 1 aliphatic rings. The van der Waals surface area contributed by atoms with E-state index < -0.39 is 0 Å². The number of nitrogens with one attached hydrogen (secondary N) is 1. The second-order valence-electron chi connectivity index (χ2n) is 6.49. The van der Waals surface area contributed by atoms with Crippen molar-refractivity contribution in [3.8, 4) is 11.1 Å². The minimum Gasteiger partial charge on any atom is -0.340 e. The number of rotatable bonds is 2. The van der Waals surface area contributed by atoms with Crippen LogP contribution >= 0.6 is 15.9 Å². The van der Waals surface area contributed by atoms with Crippen LogP contribution in [0.3, 0.4) is 0 Å². The Morgan fingerprint density at radius 1 is 1.20 bits per heavy atom. The van der Waals surface area contributed by atoms with Gasteiger partial charge in [-0.2, -0.15) is 4.98 Å². The Labute approximate surface area is 154 Å². The molecule has 0 bridgehead atoms. The molecule has 0 radical (unpaired) electrons. The Morgan fingerprint density at radius 2 is 2.00 bits per heavy atom. The van der Waals surface area contributed by atoms with E-state index >= 15 is 0 Å². The molecule has 1 unspecified atom stereocenters. The van der Waals surface area contributed by atoms with Crippen LogP contribution in [0.2, 0.25) is 0 Å². The predicted molar refractivity (Wildman–Crippen MR) is 104 cm³/mol. The topological polar surface area (TPSA) is 61.9 Å². The van der Waals surface area contributed by atoms with Crippen molar-refractivity contribution in [1.82, 2.24) is 15.0 Å². The van der Waals surface area contributed by atoms with Gasteiger partial charge in [0.15, 0.2) is 5.65 Å². The summed E-state index contributed by atoms with van der Waals surface area (Å²) in [5.41, 5.74) is 2.19. The molecule has 3 heterocycles. The quantitative estimate of drug-likeness (QED) is 0.704. The molecular weight excluding hydrogens is 380 g/mol. The van der Waals surface area contributed by atoms with Gasteiger partial charge >= 0.3 is 0 Å². The zero-order valence-corrected chi connectivity index (χ0v) is 15.6. The van der Waals surface area contributed by atoms with Gasteiger partial charge in [0, 0.05) is 23.3 Å². The third kappa shape index (κ3) is 3.06. The van der Waals surface area contributed by atoms with Crippen molar-refractivity contribution in [2.45, 2.75) is 32.2 Å². The zero-order chi connectivity index (χ0) is 17.4. The summed E-state index contributed by atoms with van der Waals surface area (Å²) in [6, 6.07) is 10.1. The predicted octanol–water partition coefficient (Wildman–Crippen LogP) is 4.13. The molecule has 1 saturated heterocycles. The summed E-state index contributed by atoms with van der Waals surface area (Å²) in [6.07, 6.45) is 5.18. The minimum absolute atomic E-state index is 0.135. The van der Waals surface area contributed by atoms with E-state index in [1.165, 1.54) is 6.42 Å². The number of H-pyrrole nitrogens is 1. The van der Waals surface area contributed by atoms with Crippen LogP contribution in [0.5, 0.6) is 0 Å². The smallest absolute Gasteiger partial charge is 0.262 e. The molecule has 1 aromatic carbocycles. The average Bonchev–Trinajstić information content (AvgIpc) is 2.62. The van der Waals surface area contributed by atoms with Crippen molar-refractivity contribution in [2.24, 2.45) is 0 Å². The van der Waals surface area contributed by atoms with Gasteiger partial charge in [-0.15, -0.1) is 0 Å². The summed E-state index contributed by atoms with van der Waals surface area (Å²) in [5.74, 6) is 0.630. The van der Waals surface area contributed by atoms with E-state index in [2.05, 4.69) is 42.7 Å². The van der Waals surface area contributed by atoms with Crippen molar-refractivity contribution in [3.05, 3.63) is 51.4 Å². The number of halogens is 1. The molecule has 6 heteroatoms. The first kappa shape index (κ1) is 16.3. The number of hydrogen-bond donors (Lipinski definition) is 1. The van der Waals surface area contributed by atoms with Crippen LogP contribution < -0.4 is 10.5 Å². The fraction of sp³-hybridized carbons (Fsp3) is 0.316. The SMILES string of the molecule is CC1CCCCN1c1nc2nccc(-c3ccc(Br)cc3)c2c(=O)[nH]1. The molecule has 3 aromatic rings. The van der Waals surface area contributed by atoms with Gasteiger partial charge in [0.05, 0.1) is 5.39 Å². The second kappa shape index (κ2) is 6.59. The number of anilines is 1. The van der Waals surface area contributed by atoms with Crippen molar-refractivity contribution >= 4 is 32.9 Å². The highest BCUT2D eigenvalue weighted by molar-refractivity contribution is 9.10. The van der Waals surface area contributed by atoms with Crippen LogP contribution in [0, 0.1) is 0 Å². The molecule has 25 heavy (non-hydrogen) atoms. The van der Waals surface area contributed by atoms with Gasteiger partial charge in [0.1, 0.15) is 0 Å². The molecule has 1 aliphatic heterocycles. The summed E-state index contributed by atoms with van der Waals surface area (Å²) in [6.45, 7) is 3.09. The van der Waals surface area contributed by atoms with Gasteiger partial charge in [0.2, 0.25) is 5.95 Å². The fourth-order valence-electron chi connectivity index (χ4n) is 3.47. The molecule has 1 atom stereocenters. The molecule has 0 spiro atoms. The van der Waals surface area contributed by atoms with E-state index in [1.807, 2.05) is 30.3 Å². The number of aromatic nitrogens is 3. The van der Waals surface area contributed by atoms with E-state index in [9.17, 15) is 4.79 Å². The summed E-state index contributed by atoms with van der Waals surface area (Å²) in [5, 5.41) is 0.540. The Balaban J connectivity index is 1.86. The normalized spacial score (nSPS) is 17.8. The maximum absolute atomic E-state index is 12.8. The van der Waals surface area contributed by atoms with E-state index in [4.69, 9.17) is 0 Å². The number of fused-ring (bicyclic) bond motifs is 1. The maximum Gasteiger partial charge on any atom is 0.262 e. The van der Waals surface area contributed by atoms with Gasteiger partial charge in [0.25, 0.3) is 5.56 Å². The van der Waals surface area contributed by atoms with Crippen LogP contribution in [0.4, 0.5) is 5.95 Å². The molecule has 0 aliphatic carbocycles. The fourth-order valence-corrected chi connectivity index (χ4v) is 3.73. The van der Waals surface area contributed by atoms with Crippen LogP contribution in [-0.2, 0) is 0 Å². The Hall–Kier alpha value is -2.21. The standard InChI is InChI=1S/C19H19BrN4O/c1-12-4-2-3-11-24(12)19-22-17-16(18(25)23-19)15(9-10-21-17)13-5-7-14(20)8-6-13/h5-10,12H,2-4,11H2,1H3,(H,21,22,23,25). The minimum atomic E-state index is -0.135. The molecule has 128 valence electrons. The largest absolute Gasteiger partial charge is 0.340 e. The Kier molecular flexibility index (Phi) is 4.29. The third-order valence-corrected chi connectivity index (χ3v) is 5.35. The first-order valence-electron chi connectivity index (χ1n) is 8.55. The Morgan fingerprint density at radius 3 is 2.76 bits per heavy atom. The number of benzene rings is 1. The molecule has 1 fully saturated rings. The van der Waals surface area contributed by atoms with Crippen LogP contribution in [0.15, 0.2) is 45.8 Å². The van der Waals surface area contributed by atoms with Gasteiger partial charge < -0.3 is 4.90 Å². The average molecular weight is 399 g/mol. The molecule has 4 rings (SSSR count). The van der Waals surface area contributed by atoms with Gasteiger partial charge in [-0.1, -0.05) is 28.1 Å². The van der Waals surface area contributed by atoms with E-state index in [0.717, 1.165) is 35.0 Å². The lowest BCUT2D eigenvalue weighted by Crippen LogP contribution is -2.39. The van der Waals surface area contributed by atoms with Crippen molar-refractivity contribution in [2.75, 3.05) is 11.4 Å². The van der Waals surface area contributed by atoms with Crippen LogP contribution in [-0.4, -0.2) is 27.5 Å². The van der Waals surface area contributed by atoms with E-state index in [0.29, 0.717) is 23.0 Å². The van der Waals surface area contributed by atoms with Crippen molar-refractivity contribution in [3.63, 3.8) is 0 Å². The number of hydrogen-bond acceptors (Lipinski definition) is 4. The second-order valence-corrected chi connectivity index (χ2v) is 7.41. The third-order valence-electron chi connectivity index (χ3n) is 4.83. The number of nitrogens with zero attached hydrogens (tertiary/aromatic N) is 3. The van der Waals surface area contributed by atoms with Crippen molar-refractivity contribution in [1.29, 1.82) is 0 Å². The van der Waals surface area contributed by atoms with Crippen LogP contribution in [0.25, 0.3) is 22.2 Å². The molecule has 2 aromatic heterocycles. The number of piperidine rings is 1. The highest BCUT2D eigenvalue weighted by atomic mass is 79.9. The highest BCUT2D eigenvalue weighted by Crippen LogP contribution is 2.27. The lowest BCUT2D eigenvalue weighted by atomic mass is 10.0. The first-order valence-corrected chi connectivity index (χ1v) is 9.34. The number of pyridine rings is 1. The van der Waals surface area contributed by atoms with E-state index in [-0.39, 0.29) is 5.56 Å². The summed E-state index contributed by atoms with van der Waals surface area (Å²) >= 11 is 3.44. The molecular formula is C19H19BrN4O. The van der Waals surface area contributed by atoms with Gasteiger partial charge in [-0.05, 0) is 55.5 Å².